The SMILES string of the molecule is COc1cc(C(=O)NC[C@](O)(c2cc(CC(N)=O)c(OCC(F)F)c(-c3ccc4c(c3)OC(F)(F)O4)n2)C(F)(F)F)cc2cn(C3CC3)nc12. The molecule has 0 radical (unpaired) electrons. The van der Waals surface area contributed by atoms with Crippen LogP contribution in [0.5, 0.6) is 23.0 Å². The van der Waals surface area contributed by atoms with Crippen molar-refractivity contribution in [2.24, 2.45) is 5.73 Å². The lowest BCUT2D eigenvalue weighted by Crippen LogP contribution is -2.51. The monoisotopic (exact) mass is 713 g/mol. The number of nitrogens with two attached hydrogens (primary N) is 1. The summed E-state index contributed by atoms with van der Waals surface area (Å²) in [6.45, 7) is -2.86. The molecule has 1 aliphatic heterocycles. The lowest BCUT2D eigenvalue weighted by Gasteiger charge is -2.31. The molecule has 19 heteroatoms. The first-order valence-corrected chi connectivity index (χ1v) is 14.8. The molecule has 0 unspecified atom stereocenters. The van der Waals surface area contributed by atoms with E-state index in [0.29, 0.717) is 17.0 Å². The summed E-state index contributed by atoms with van der Waals surface area (Å²) in [4.78, 5) is 29.1. The summed E-state index contributed by atoms with van der Waals surface area (Å²) in [5.41, 5.74) is -1.14. The second-order valence-electron chi connectivity index (χ2n) is 11.5. The summed E-state index contributed by atoms with van der Waals surface area (Å²) < 4.78 is 119. The zero-order valence-electron chi connectivity index (χ0n) is 25.7. The minimum atomic E-state index is -5.57. The molecule has 2 aromatic carbocycles. The summed E-state index contributed by atoms with van der Waals surface area (Å²) in [7, 11) is 1.32. The Labute approximate surface area is 276 Å². The number of alkyl halides is 7. The minimum Gasteiger partial charge on any atom is -0.494 e. The van der Waals surface area contributed by atoms with Crippen molar-refractivity contribution in [1.29, 1.82) is 0 Å². The average Bonchev–Trinajstić information content (AvgIpc) is 3.71. The number of halogens is 7. The zero-order chi connectivity index (χ0) is 36.2. The molecule has 0 saturated heterocycles. The van der Waals surface area contributed by atoms with E-state index >= 15 is 0 Å². The Kier molecular flexibility index (Phi) is 8.65. The van der Waals surface area contributed by atoms with E-state index in [-0.39, 0.29) is 22.9 Å². The first-order valence-electron chi connectivity index (χ1n) is 14.8. The molecule has 266 valence electrons. The molecule has 3 heterocycles. The number of rotatable bonds is 12. The molecule has 6 rings (SSSR count). The van der Waals surface area contributed by atoms with Gasteiger partial charge in [0.1, 0.15) is 29.3 Å². The number of aromatic nitrogens is 3. The summed E-state index contributed by atoms with van der Waals surface area (Å²) in [5.74, 6) is -3.74. The van der Waals surface area contributed by atoms with Crippen LogP contribution in [0.15, 0.2) is 42.6 Å². The first kappa shape index (κ1) is 34.5. The fourth-order valence-electron chi connectivity index (χ4n) is 5.30. The molecule has 50 heavy (non-hydrogen) atoms. The maximum absolute atomic E-state index is 14.8. The smallest absolute Gasteiger partial charge is 0.494 e. The standard InChI is InChI=1S/C31H26F7N5O7/c1-47-21-8-16(6-17-11-43(18-3-4-18)42-25(17)21)28(45)40-13-29(46,30(34,35)36)22-9-15(10-24(39)44)27(48-12-23(32)33)26(41-22)14-2-5-19-20(7-14)50-31(37,38)49-19/h2,5-9,11,18,23,46H,3-4,10,12-13H2,1H3,(H2,39,44)(H,40,45)/t29-/m0/s1. The number of primary amides is 1. The number of aliphatic hydroxyl groups is 1. The molecule has 1 aliphatic carbocycles. The molecule has 4 N–H and O–H groups in total. The Balaban J connectivity index is 1.41. The van der Waals surface area contributed by atoms with E-state index in [2.05, 4.69) is 19.6 Å². The largest absolute Gasteiger partial charge is 0.586 e. The normalized spacial score (nSPS) is 16.4. The van der Waals surface area contributed by atoms with E-state index in [1.54, 1.807) is 10.9 Å². The molecule has 1 atom stereocenters. The quantitative estimate of drug-likeness (QED) is 0.178. The van der Waals surface area contributed by atoms with Crippen molar-refractivity contribution in [2.75, 3.05) is 20.3 Å². The van der Waals surface area contributed by atoms with Crippen LogP contribution in [0.1, 0.15) is 40.5 Å². The van der Waals surface area contributed by atoms with Crippen molar-refractivity contribution in [3.8, 4) is 34.3 Å². The van der Waals surface area contributed by atoms with Crippen LogP contribution < -0.4 is 30.0 Å². The van der Waals surface area contributed by atoms with E-state index in [9.17, 15) is 45.4 Å². The molecule has 1 saturated carbocycles. The number of hydrogen-bond acceptors (Lipinski definition) is 9. The minimum absolute atomic E-state index is 0.134. The second-order valence-corrected chi connectivity index (χ2v) is 11.5. The number of nitrogens with zero attached hydrogens (tertiary/aromatic N) is 3. The molecular formula is C31H26F7N5O7. The number of fused-ring (bicyclic) bond motifs is 2. The molecule has 2 amide bonds. The lowest BCUT2D eigenvalue weighted by molar-refractivity contribution is -0.286. The van der Waals surface area contributed by atoms with Gasteiger partial charge in [-0.05, 0) is 49.2 Å². The van der Waals surface area contributed by atoms with Crippen LogP contribution in [0, 0.1) is 0 Å². The van der Waals surface area contributed by atoms with Crippen LogP contribution in [-0.2, 0) is 16.8 Å². The number of ether oxygens (including phenoxy) is 4. The number of carbonyl (C=O) groups is 2. The van der Waals surface area contributed by atoms with Crippen LogP contribution in [-0.4, -0.2) is 70.8 Å². The van der Waals surface area contributed by atoms with Crippen molar-refractivity contribution < 1.29 is 64.4 Å². The Morgan fingerprint density at radius 2 is 1.86 bits per heavy atom. The van der Waals surface area contributed by atoms with Crippen LogP contribution in [0.25, 0.3) is 22.2 Å². The first-order chi connectivity index (χ1) is 23.5. The topological polar surface area (TPSA) is 160 Å². The van der Waals surface area contributed by atoms with Gasteiger partial charge in [0.15, 0.2) is 11.5 Å². The number of hydrogen-bond donors (Lipinski definition) is 3. The van der Waals surface area contributed by atoms with Gasteiger partial charge >= 0.3 is 12.5 Å². The van der Waals surface area contributed by atoms with Crippen molar-refractivity contribution in [1.82, 2.24) is 20.1 Å². The number of carbonyl (C=O) groups excluding carboxylic acids is 2. The number of amides is 2. The van der Waals surface area contributed by atoms with Gasteiger partial charge in [0.2, 0.25) is 11.5 Å². The predicted octanol–water partition coefficient (Wildman–Crippen LogP) is 4.61. The van der Waals surface area contributed by atoms with Gasteiger partial charge < -0.3 is 35.1 Å². The van der Waals surface area contributed by atoms with E-state index in [1.165, 1.54) is 19.2 Å². The van der Waals surface area contributed by atoms with E-state index in [1.807, 2.05) is 5.32 Å². The van der Waals surface area contributed by atoms with Crippen LogP contribution in [0.4, 0.5) is 30.7 Å². The van der Waals surface area contributed by atoms with Gasteiger partial charge in [-0.2, -0.15) is 18.3 Å². The van der Waals surface area contributed by atoms with Crippen LogP contribution >= 0.6 is 0 Å². The molecule has 2 aliphatic rings. The third-order valence-corrected chi connectivity index (χ3v) is 7.83. The maximum Gasteiger partial charge on any atom is 0.586 e. The molecular weight excluding hydrogens is 687 g/mol. The second kappa shape index (κ2) is 12.5. The predicted molar refractivity (Wildman–Crippen MR) is 157 cm³/mol. The highest BCUT2D eigenvalue weighted by Crippen LogP contribution is 2.46. The summed E-state index contributed by atoms with van der Waals surface area (Å²) in [6.07, 6.45) is -10.2. The van der Waals surface area contributed by atoms with Gasteiger partial charge in [-0.1, -0.05) is 0 Å². The summed E-state index contributed by atoms with van der Waals surface area (Å²) >= 11 is 0. The van der Waals surface area contributed by atoms with Gasteiger partial charge in [-0.3, -0.25) is 14.3 Å². The maximum atomic E-state index is 14.8. The van der Waals surface area contributed by atoms with Gasteiger partial charge in [0.25, 0.3) is 12.3 Å². The number of pyridine rings is 1. The fraction of sp³-hybridized carbons (Fsp3) is 0.355. The van der Waals surface area contributed by atoms with Crippen molar-refractivity contribution in [2.45, 2.75) is 49.8 Å². The molecule has 1 fully saturated rings. The molecule has 0 bridgehead atoms. The molecule has 12 nitrogen and oxygen atoms in total. The Morgan fingerprint density at radius 3 is 2.50 bits per heavy atom. The third-order valence-electron chi connectivity index (χ3n) is 7.83. The fourth-order valence-corrected chi connectivity index (χ4v) is 5.30. The number of methoxy groups -OCH3 is 1. The molecule has 4 aromatic rings. The highest BCUT2D eigenvalue weighted by molar-refractivity contribution is 6.00. The summed E-state index contributed by atoms with van der Waals surface area (Å²) in [6, 6.07) is 6.21. The van der Waals surface area contributed by atoms with E-state index in [0.717, 1.165) is 31.0 Å². The third kappa shape index (κ3) is 6.76. The van der Waals surface area contributed by atoms with Crippen molar-refractivity contribution in [3.63, 3.8) is 0 Å². The van der Waals surface area contributed by atoms with Gasteiger partial charge in [0.05, 0.1) is 31.8 Å². The van der Waals surface area contributed by atoms with Gasteiger partial charge in [-0.25, -0.2) is 13.8 Å². The van der Waals surface area contributed by atoms with Crippen LogP contribution in [0.3, 0.4) is 0 Å². The highest BCUT2D eigenvalue weighted by Gasteiger charge is 2.57. The summed E-state index contributed by atoms with van der Waals surface area (Å²) in [5, 5.41) is 18.2. The van der Waals surface area contributed by atoms with Gasteiger partial charge in [-0.15, -0.1) is 8.78 Å². The van der Waals surface area contributed by atoms with E-state index < -0.39 is 90.1 Å². The molecule has 2 aromatic heterocycles. The van der Waals surface area contributed by atoms with Crippen molar-refractivity contribution >= 4 is 22.7 Å². The van der Waals surface area contributed by atoms with Gasteiger partial charge in [0, 0.05) is 28.3 Å². The van der Waals surface area contributed by atoms with Crippen LogP contribution in [0.2, 0.25) is 0 Å². The highest BCUT2D eigenvalue weighted by atomic mass is 19.4. The number of nitrogens with one attached hydrogen (secondary N) is 1. The Hall–Kier alpha value is -5.33. The van der Waals surface area contributed by atoms with Crippen molar-refractivity contribution in [3.05, 3.63) is 59.4 Å². The average molecular weight is 714 g/mol. The van der Waals surface area contributed by atoms with E-state index in [4.69, 9.17) is 15.2 Å². The lowest BCUT2D eigenvalue weighted by atomic mass is 9.93. The molecule has 0 spiro atoms. The Morgan fingerprint density at radius 1 is 1.14 bits per heavy atom. The zero-order valence-corrected chi connectivity index (χ0v) is 25.7. The number of benzene rings is 2. The Bertz CT molecular complexity index is 1980.